The smallest absolute Gasteiger partial charge is 0.243 e. The van der Waals surface area contributed by atoms with E-state index in [1.54, 1.807) is 4.90 Å². The predicted octanol–water partition coefficient (Wildman–Crippen LogP) is 3.82. The average Bonchev–Trinajstić information content (AvgIpc) is 2.54. The number of nitrogens with one attached hydrogen (secondary N) is 1. The Morgan fingerprint density at radius 2 is 1.88 bits per heavy atom. The van der Waals surface area contributed by atoms with Gasteiger partial charge >= 0.3 is 0 Å². The number of carbonyl (C=O) groups excluding carboxylic acids is 2. The fourth-order valence-corrected chi connectivity index (χ4v) is 2.73. The minimum Gasteiger partial charge on any atom is -0.352 e. The number of carbonyl (C=O) groups is 2. The summed E-state index contributed by atoms with van der Waals surface area (Å²) >= 11 is 0. The second kappa shape index (κ2) is 10.1. The molecule has 4 heteroatoms. The Kier molecular flexibility index (Phi) is 8.51. The van der Waals surface area contributed by atoms with Crippen LogP contribution in [0.4, 0.5) is 0 Å². The highest BCUT2D eigenvalue weighted by Crippen LogP contribution is 2.15. The van der Waals surface area contributed by atoms with E-state index in [-0.39, 0.29) is 17.9 Å². The maximum Gasteiger partial charge on any atom is 0.243 e. The highest BCUT2D eigenvalue weighted by atomic mass is 16.2. The van der Waals surface area contributed by atoms with E-state index in [0.717, 1.165) is 24.0 Å². The summed E-state index contributed by atoms with van der Waals surface area (Å²) in [6.07, 6.45) is 2.75. The molecule has 2 atom stereocenters. The molecule has 2 unspecified atom stereocenters. The molecular weight excluding hydrogens is 300 g/mol. The minimum atomic E-state index is -0.418. The molecule has 0 bridgehead atoms. The van der Waals surface area contributed by atoms with Gasteiger partial charge in [0.05, 0.1) is 0 Å². The molecule has 0 aliphatic rings. The molecule has 0 aliphatic carbocycles. The summed E-state index contributed by atoms with van der Waals surface area (Å²) in [5.74, 6) is -0.00545. The predicted molar refractivity (Wildman–Crippen MR) is 98.6 cm³/mol. The summed E-state index contributed by atoms with van der Waals surface area (Å²) in [5, 5.41) is 3.02. The quantitative estimate of drug-likeness (QED) is 0.747. The first-order valence-corrected chi connectivity index (χ1v) is 9.08. The Morgan fingerprint density at radius 3 is 2.42 bits per heavy atom. The molecule has 2 amide bonds. The minimum absolute atomic E-state index is 0.0464. The van der Waals surface area contributed by atoms with E-state index in [0.29, 0.717) is 19.4 Å². The van der Waals surface area contributed by atoms with Crippen LogP contribution < -0.4 is 5.32 Å². The third-order valence-corrected chi connectivity index (χ3v) is 4.29. The Balaban J connectivity index is 3.01. The van der Waals surface area contributed by atoms with E-state index in [4.69, 9.17) is 0 Å². The van der Waals surface area contributed by atoms with Gasteiger partial charge in [-0.05, 0) is 38.7 Å². The first-order valence-electron chi connectivity index (χ1n) is 9.08. The van der Waals surface area contributed by atoms with Gasteiger partial charge in [-0.1, -0.05) is 50.6 Å². The van der Waals surface area contributed by atoms with Crippen molar-refractivity contribution in [2.75, 3.05) is 0 Å². The number of hydrogen-bond acceptors (Lipinski definition) is 2. The summed E-state index contributed by atoms with van der Waals surface area (Å²) in [5.41, 5.74) is 2.22. The first-order chi connectivity index (χ1) is 11.4. The van der Waals surface area contributed by atoms with Crippen LogP contribution >= 0.6 is 0 Å². The van der Waals surface area contributed by atoms with E-state index >= 15 is 0 Å². The molecule has 0 fully saturated rings. The standard InChI is InChI=1S/C20H32N2O2/c1-6-10-19(23)22(14-17-12-9-11-15(4)13-17)18(8-3)20(24)21-16(5)7-2/h9,11-13,16,18H,6-8,10,14H2,1-5H3,(H,21,24). The van der Waals surface area contributed by atoms with E-state index in [2.05, 4.69) is 11.4 Å². The van der Waals surface area contributed by atoms with Gasteiger partial charge in [0.15, 0.2) is 0 Å². The molecule has 0 aromatic heterocycles. The molecule has 1 aromatic rings. The Labute approximate surface area is 146 Å². The van der Waals surface area contributed by atoms with E-state index < -0.39 is 6.04 Å². The lowest BCUT2D eigenvalue weighted by Crippen LogP contribution is -2.50. The van der Waals surface area contributed by atoms with Gasteiger partial charge in [-0.2, -0.15) is 0 Å². The van der Waals surface area contributed by atoms with Crippen molar-refractivity contribution in [3.63, 3.8) is 0 Å². The van der Waals surface area contributed by atoms with Crippen LogP contribution in [0.3, 0.4) is 0 Å². The molecule has 134 valence electrons. The Morgan fingerprint density at radius 1 is 1.17 bits per heavy atom. The zero-order chi connectivity index (χ0) is 18.1. The van der Waals surface area contributed by atoms with Crippen LogP contribution in [0.1, 0.15) is 64.5 Å². The maximum atomic E-state index is 12.6. The van der Waals surface area contributed by atoms with Crippen molar-refractivity contribution < 1.29 is 9.59 Å². The van der Waals surface area contributed by atoms with E-state index in [1.165, 1.54) is 0 Å². The second-order valence-electron chi connectivity index (χ2n) is 6.50. The Hall–Kier alpha value is -1.84. The number of aryl methyl sites for hydroxylation is 1. The normalized spacial score (nSPS) is 13.2. The van der Waals surface area contributed by atoms with Gasteiger partial charge in [-0.25, -0.2) is 0 Å². The fourth-order valence-electron chi connectivity index (χ4n) is 2.73. The molecule has 1 N–H and O–H groups in total. The second-order valence-corrected chi connectivity index (χ2v) is 6.50. The van der Waals surface area contributed by atoms with Crippen LogP contribution in [0.2, 0.25) is 0 Å². The lowest BCUT2D eigenvalue weighted by atomic mass is 10.1. The van der Waals surface area contributed by atoms with Crippen LogP contribution in [0.15, 0.2) is 24.3 Å². The summed E-state index contributed by atoms with van der Waals surface area (Å²) in [6, 6.07) is 7.82. The van der Waals surface area contributed by atoms with Gasteiger partial charge in [0.1, 0.15) is 6.04 Å². The van der Waals surface area contributed by atoms with Crippen molar-refractivity contribution in [1.82, 2.24) is 10.2 Å². The summed E-state index contributed by atoms with van der Waals surface area (Å²) < 4.78 is 0. The number of benzene rings is 1. The molecule has 0 aliphatic heterocycles. The number of rotatable bonds is 9. The van der Waals surface area contributed by atoms with Crippen LogP contribution in [0, 0.1) is 6.92 Å². The molecule has 0 radical (unpaired) electrons. The fraction of sp³-hybridized carbons (Fsp3) is 0.600. The average molecular weight is 332 g/mol. The molecule has 0 heterocycles. The van der Waals surface area contributed by atoms with Gasteiger partial charge in [-0.3, -0.25) is 9.59 Å². The molecule has 0 saturated carbocycles. The first kappa shape index (κ1) is 20.2. The van der Waals surface area contributed by atoms with Crippen molar-refractivity contribution in [2.45, 2.75) is 78.9 Å². The lowest BCUT2D eigenvalue weighted by Gasteiger charge is -2.31. The van der Waals surface area contributed by atoms with Gasteiger partial charge in [0, 0.05) is 19.0 Å². The topological polar surface area (TPSA) is 49.4 Å². The Bertz CT molecular complexity index is 542. The van der Waals surface area contributed by atoms with Crippen LogP contribution in [0.25, 0.3) is 0 Å². The third-order valence-electron chi connectivity index (χ3n) is 4.29. The van der Waals surface area contributed by atoms with Gasteiger partial charge in [0.25, 0.3) is 0 Å². The molecular formula is C20H32N2O2. The summed E-state index contributed by atoms with van der Waals surface area (Å²) in [6.45, 7) is 10.5. The van der Waals surface area contributed by atoms with Crippen LogP contribution in [-0.2, 0) is 16.1 Å². The molecule has 24 heavy (non-hydrogen) atoms. The van der Waals surface area contributed by atoms with Crippen molar-refractivity contribution in [3.05, 3.63) is 35.4 Å². The van der Waals surface area contributed by atoms with Crippen molar-refractivity contribution >= 4 is 11.8 Å². The molecule has 0 saturated heterocycles. The number of hydrogen-bond donors (Lipinski definition) is 1. The highest BCUT2D eigenvalue weighted by Gasteiger charge is 2.28. The summed E-state index contributed by atoms with van der Waals surface area (Å²) in [7, 11) is 0. The van der Waals surface area contributed by atoms with Gasteiger partial charge in [-0.15, -0.1) is 0 Å². The molecule has 0 spiro atoms. The van der Waals surface area contributed by atoms with Crippen LogP contribution in [-0.4, -0.2) is 28.8 Å². The summed E-state index contributed by atoms with van der Waals surface area (Å²) in [4.78, 5) is 27.0. The highest BCUT2D eigenvalue weighted by molar-refractivity contribution is 5.87. The van der Waals surface area contributed by atoms with E-state index in [1.807, 2.05) is 52.8 Å². The lowest BCUT2D eigenvalue weighted by molar-refractivity contribution is -0.141. The number of amides is 2. The SMILES string of the molecule is CCCC(=O)N(Cc1cccc(C)c1)C(CC)C(=O)NC(C)CC. The molecule has 1 rings (SSSR count). The maximum absolute atomic E-state index is 12.6. The van der Waals surface area contributed by atoms with Gasteiger partial charge in [0.2, 0.25) is 11.8 Å². The number of nitrogens with zero attached hydrogens (tertiary/aromatic N) is 1. The zero-order valence-corrected chi connectivity index (χ0v) is 15.8. The van der Waals surface area contributed by atoms with Crippen LogP contribution in [0.5, 0.6) is 0 Å². The van der Waals surface area contributed by atoms with E-state index in [9.17, 15) is 9.59 Å². The largest absolute Gasteiger partial charge is 0.352 e. The van der Waals surface area contributed by atoms with Crippen molar-refractivity contribution in [1.29, 1.82) is 0 Å². The molecule has 1 aromatic carbocycles. The monoisotopic (exact) mass is 332 g/mol. The van der Waals surface area contributed by atoms with Crippen molar-refractivity contribution in [3.8, 4) is 0 Å². The molecule has 4 nitrogen and oxygen atoms in total. The zero-order valence-electron chi connectivity index (χ0n) is 15.8. The van der Waals surface area contributed by atoms with Gasteiger partial charge < -0.3 is 10.2 Å². The third kappa shape index (κ3) is 5.99. The van der Waals surface area contributed by atoms with Crippen molar-refractivity contribution in [2.24, 2.45) is 0 Å².